The first-order valence-electron chi connectivity index (χ1n) is 5.05. The highest BCUT2D eigenvalue weighted by molar-refractivity contribution is 14.1. The monoisotopic (exact) mass is 340 g/mol. The molecule has 4 heteroatoms. The lowest BCUT2D eigenvalue weighted by atomic mass is 10.0. The molecule has 0 aromatic heterocycles. The Morgan fingerprint density at radius 2 is 2.00 bits per heavy atom. The third kappa shape index (κ3) is 4.33. The van der Waals surface area contributed by atoms with E-state index in [1.807, 2.05) is 31.2 Å². The van der Waals surface area contributed by atoms with Crippen molar-refractivity contribution < 1.29 is 13.5 Å². The number of aryl methyl sites for hydroxylation is 1. The summed E-state index contributed by atoms with van der Waals surface area (Å²) in [4.78, 5) is 0. The Kier molecular flexibility index (Phi) is 5.11. The normalized spacial score (nSPS) is 13.8. The third-order valence-electron chi connectivity index (χ3n) is 2.21. The Hall–Kier alpha value is -0.230. The minimum absolute atomic E-state index is 0.257. The standard InChI is InChI=1S/C12H15F2IO/c1-9-5-3-4-6-10(9)11(7-15)16-8-12(2,13)14/h3-6,11H,7-8H2,1-2H3. The van der Waals surface area contributed by atoms with E-state index in [0.29, 0.717) is 4.43 Å². The first-order chi connectivity index (χ1) is 7.44. The van der Waals surface area contributed by atoms with Crippen molar-refractivity contribution in [1.29, 1.82) is 0 Å². The maximum Gasteiger partial charge on any atom is 0.268 e. The lowest BCUT2D eigenvalue weighted by Crippen LogP contribution is -2.21. The van der Waals surface area contributed by atoms with Crippen LogP contribution in [0.5, 0.6) is 0 Å². The summed E-state index contributed by atoms with van der Waals surface area (Å²) >= 11 is 2.15. The zero-order chi connectivity index (χ0) is 12.2. The van der Waals surface area contributed by atoms with Crippen molar-refractivity contribution in [2.45, 2.75) is 25.9 Å². The van der Waals surface area contributed by atoms with Crippen LogP contribution >= 0.6 is 22.6 Å². The summed E-state index contributed by atoms with van der Waals surface area (Å²) in [7, 11) is 0. The van der Waals surface area contributed by atoms with E-state index in [9.17, 15) is 8.78 Å². The van der Waals surface area contributed by atoms with Crippen molar-refractivity contribution in [3.05, 3.63) is 35.4 Å². The van der Waals surface area contributed by atoms with Gasteiger partial charge in [-0.05, 0) is 18.1 Å². The second kappa shape index (κ2) is 5.91. The van der Waals surface area contributed by atoms with Crippen LogP contribution in [0.25, 0.3) is 0 Å². The van der Waals surface area contributed by atoms with E-state index in [0.717, 1.165) is 18.1 Å². The minimum Gasteiger partial charge on any atom is -0.366 e. The molecule has 16 heavy (non-hydrogen) atoms. The van der Waals surface area contributed by atoms with Crippen molar-refractivity contribution in [3.63, 3.8) is 0 Å². The number of hydrogen-bond donors (Lipinski definition) is 0. The van der Waals surface area contributed by atoms with E-state index in [1.54, 1.807) is 0 Å². The summed E-state index contributed by atoms with van der Waals surface area (Å²) in [5, 5.41) is 0. The third-order valence-corrected chi connectivity index (χ3v) is 3.01. The summed E-state index contributed by atoms with van der Waals surface area (Å²) in [6, 6.07) is 7.71. The quantitative estimate of drug-likeness (QED) is 0.578. The van der Waals surface area contributed by atoms with Crippen LogP contribution in [0.2, 0.25) is 0 Å². The Balaban J connectivity index is 2.72. The largest absolute Gasteiger partial charge is 0.366 e. The second-order valence-corrected chi connectivity index (χ2v) is 4.76. The molecular weight excluding hydrogens is 325 g/mol. The van der Waals surface area contributed by atoms with Gasteiger partial charge in [-0.25, -0.2) is 8.78 Å². The fourth-order valence-electron chi connectivity index (χ4n) is 1.41. The number of benzene rings is 1. The summed E-state index contributed by atoms with van der Waals surface area (Å²) in [5.41, 5.74) is 2.06. The molecule has 0 fully saturated rings. The number of rotatable bonds is 5. The molecule has 90 valence electrons. The predicted octanol–water partition coefficient (Wildman–Crippen LogP) is 4.14. The van der Waals surface area contributed by atoms with Crippen molar-refractivity contribution >= 4 is 22.6 Å². The van der Waals surface area contributed by atoms with Gasteiger partial charge < -0.3 is 4.74 Å². The molecule has 0 spiro atoms. The van der Waals surface area contributed by atoms with Gasteiger partial charge in [0.05, 0.1) is 6.10 Å². The van der Waals surface area contributed by atoms with Gasteiger partial charge in [0.25, 0.3) is 5.92 Å². The van der Waals surface area contributed by atoms with Gasteiger partial charge in [0.1, 0.15) is 6.61 Å². The van der Waals surface area contributed by atoms with E-state index < -0.39 is 12.5 Å². The molecule has 0 radical (unpaired) electrons. The zero-order valence-electron chi connectivity index (χ0n) is 9.34. The minimum atomic E-state index is -2.77. The van der Waals surface area contributed by atoms with Crippen LogP contribution in [0.1, 0.15) is 24.2 Å². The Morgan fingerprint density at radius 1 is 1.38 bits per heavy atom. The molecule has 0 bridgehead atoms. The Labute approximate surface area is 108 Å². The molecule has 1 aromatic carbocycles. The van der Waals surface area contributed by atoms with Crippen LogP contribution in [0.3, 0.4) is 0 Å². The van der Waals surface area contributed by atoms with Crippen molar-refractivity contribution in [1.82, 2.24) is 0 Å². The molecule has 0 heterocycles. The fraction of sp³-hybridized carbons (Fsp3) is 0.500. The van der Waals surface area contributed by atoms with Gasteiger partial charge in [-0.2, -0.15) is 0 Å². The smallest absolute Gasteiger partial charge is 0.268 e. The van der Waals surface area contributed by atoms with E-state index >= 15 is 0 Å². The lowest BCUT2D eigenvalue weighted by molar-refractivity contribution is -0.0825. The molecule has 0 N–H and O–H groups in total. The van der Waals surface area contributed by atoms with Gasteiger partial charge in [0, 0.05) is 11.4 Å². The predicted molar refractivity (Wildman–Crippen MR) is 69.4 cm³/mol. The molecule has 0 aliphatic rings. The zero-order valence-corrected chi connectivity index (χ0v) is 11.5. The highest BCUT2D eigenvalue weighted by Gasteiger charge is 2.24. The second-order valence-electron chi connectivity index (χ2n) is 3.88. The first-order valence-corrected chi connectivity index (χ1v) is 6.57. The van der Waals surface area contributed by atoms with Gasteiger partial charge in [-0.3, -0.25) is 0 Å². The molecule has 0 saturated carbocycles. The molecule has 1 atom stereocenters. The maximum atomic E-state index is 12.7. The van der Waals surface area contributed by atoms with Gasteiger partial charge in [-0.15, -0.1) is 0 Å². The average Bonchev–Trinajstić information content (AvgIpc) is 2.20. The van der Waals surface area contributed by atoms with Gasteiger partial charge in [-0.1, -0.05) is 46.9 Å². The highest BCUT2D eigenvalue weighted by atomic mass is 127. The fourth-order valence-corrected chi connectivity index (χ4v) is 2.14. The van der Waals surface area contributed by atoms with Crippen molar-refractivity contribution in [3.8, 4) is 0 Å². The highest BCUT2D eigenvalue weighted by Crippen LogP contribution is 2.25. The lowest BCUT2D eigenvalue weighted by Gasteiger charge is -2.20. The summed E-state index contributed by atoms with van der Waals surface area (Å²) in [6.45, 7) is 2.30. The number of ether oxygens (including phenoxy) is 1. The topological polar surface area (TPSA) is 9.23 Å². The average molecular weight is 340 g/mol. The van der Waals surface area contributed by atoms with Crippen molar-refractivity contribution in [2.24, 2.45) is 0 Å². The molecule has 1 unspecified atom stereocenters. The van der Waals surface area contributed by atoms with Crippen LogP contribution < -0.4 is 0 Å². The van der Waals surface area contributed by atoms with Crippen LogP contribution in [-0.4, -0.2) is 17.0 Å². The number of halogens is 3. The summed E-state index contributed by atoms with van der Waals surface area (Å²) in [5.74, 6) is -2.77. The molecular formula is C12H15F2IO. The van der Waals surface area contributed by atoms with Crippen LogP contribution in [0.4, 0.5) is 8.78 Å². The molecule has 0 aliphatic heterocycles. The molecule has 0 amide bonds. The van der Waals surface area contributed by atoms with E-state index in [4.69, 9.17) is 4.74 Å². The van der Waals surface area contributed by atoms with Crippen LogP contribution in [0.15, 0.2) is 24.3 Å². The summed E-state index contributed by atoms with van der Waals surface area (Å²) < 4.78 is 31.3. The van der Waals surface area contributed by atoms with E-state index in [-0.39, 0.29) is 6.10 Å². The first kappa shape index (κ1) is 13.8. The molecule has 0 aliphatic carbocycles. The molecule has 1 aromatic rings. The van der Waals surface area contributed by atoms with Gasteiger partial charge >= 0.3 is 0 Å². The van der Waals surface area contributed by atoms with Gasteiger partial charge in [0.2, 0.25) is 0 Å². The molecule has 0 saturated heterocycles. The van der Waals surface area contributed by atoms with Crippen LogP contribution in [-0.2, 0) is 4.74 Å². The van der Waals surface area contributed by atoms with E-state index in [2.05, 4.69) is 22.6 Å². The van der Waals surface area contributed by atoms with Crippen LogP contribution in [0, 0.1) is 6.92 Å². The van der Waals surface area contributed by atoms with Gasteiger partial charge in [0.15, 0.2) is 0 Å². The van der Waals surface area contributed by atoms with Crippen molar-refractivity contribution in [2.75, 3.05) is 11.0 Å². The maximum absolute atomic E-state index is 12.7. The Bertz CT molecular complexity index is 336. The SMILES string of the molecule is Cc1ccccc1C(CI)OCC(C)(F)F. The molecule has 1 nitrogen and oxygen atoms in total. The number of alkyl halides is 3. The summed E-state index contributed by atoms with van der Waals surface area (Å²) in [6.07, 6.45) is -0.257. The molecule has 1 rings (SSSR count). The Morgan fingerprint density at radius 3 is 2.50 bits per heavy atom. The van der Waals surface area contributed by atoms with E-state index in [1.165, 1.54) is 0 Å². The number of hydrogen-bond acceptors (Lipinski definition) is 1.